The molecule has 3 aromatic rings. The van der Waals surface area contributed by atoms with Gasteiger partial charge in [-0.1, -0.05) is 0 Å². The van der Waals surface area contributed by atoms with Crippen LogP contribution in [0.3, 0.4) is 0 Å². The number of H-pyrrole nitrogens is 1. The summed E-state index contributed by atoms with van der Waals surface area (Å²) in [5.41, 5.74) is 2.70. The number of methoxy groups -OCH3 is 2. The Kier molecular flexibility index (Phi) is 4.81. The highest BCUT2D eigenvalue weighted by Crippen LogP contribution is 2.33. The first-order valence-electron chi connectivity index (χ1n) is 7.30. The van der Waals surface area contributed by atoms with E-state index in [9.17, 15) is 0 Å². The quantitative estimate of drug-likeness (QED) is 0.725. The van der Waals surface area contributed by atoms with E-state index in [2.05, 4.69) is 15.1 Å². The average molecular weight is 342 g/mol. The fourth-order valence-electron chi connectivity index (χ4n) is 2.31. The van der Waals surface area contributed by atoms with Crippen LogP contribution in [0.15, 0.2) is 52.0 Å². The van der Waals surface area contributed by atoms with Gasteiger partial charge in [-0.25, -0.2) is 4.68 Å². The van der Waals surface area contributed by atoms with Crippen LogP contribution >= 0.6 is 11.3 Å². The molecule has 3 rings (SSSR count). The maximum absolute atomic E-state index is 5.49. The number of rotatable bonds is 5. The number of thiazole rings is 1. The van der Waals surface area contributed by atoms with E-state index in [-0.39, 0.29) is 0 Å². The third-order valence-electron chi connectivity index (χ3n) is 3.49. The molecule has 0 spiro atoms. The van der Waals surface area contributed by atoms with Gasteiger partial charge >= 0.3 is 0 Å². The molecule has 7 heteroatoms. The number of nitrogens with one attached hydrogen (secondary N) is 1. The molecule has 0 radical (unpaired) electrons. The van der Waals surface area contributed by atoms with Crippen molar-refractivity contribution in [1.29, 1.82) is 0 Å². The first-order valence-corrected chi connectivity index (χ1v) is 8.18. The summed E-state index contributed by atoms with van der Waals surface area (Å²) in [6, 6.07) is 9.56. The Balaban J connectivity index is 2.14. The van der Waals surface area contributed by atoms with Crippen LogP contribution in [-0.2, 0) is 0 Å². The highest BCUT2D eigenvalue weighted by atomic mass is 32.1. The number of aromatic amines is 1. The SMILES string of the molecule is CN=c1scc(-c2cc(OC)ccc2OC)n1N=Cc1ccc[nH]1. The van der Waals surface area contributed by atoms with Crippen LogP contribution in [0.2, 0.25) is 0 Å². The van der Waals surface area contributed by atoms with E-state index in [4.69, 9.17) is 9.47 Å². The Labute approximate surface area is 143 Å². The lowest BCUT2D eigenvalue weighted by molar-refractivity contribution is 0.404. The molecular weight excluding hydrogens is 324 g/mol. The lowest BCUT2D eigenvalue weighted by atomic mass is 10.1. The van der Waals surface area contributed by atoms with Gasteiger partial charge in [-0.3, -0.25) is 4.99 Å². The molecule has 2 aromatic heterocycles. The number of hydrogen-bond donors (Lipinski definition) is 1. The van der Waals surface area contributed by atoms with Crippen molar-refractivity contribution in [3.8, 4) is 22.8 Å². The van der Waals surface area contributed by atoms with Crippen molar-refractivity contribution >= 4 is 17.6 Å². The van der Waals surface area contributed by atoms with E-state index >= 15 is 0 Å². The molecule has 0 atom stereocenters. The Hall–Kier alpha value is -2.80. The summed E-state index contributed by atoms with van der Waals surface area (Å²) in [5.74, 6) is 1.51. The van der Waals surface area contributed by atoms with Gasteiger partial charge in [0.15, 0.2) is 0 Å². The van der Waals surface area contributed by atoms with E-state index in [0.717, 1.165) is 33.3 Å². The van der Waals surface area contributed by atoms with Gasteiger partial charge in [-0.2, -0.15) is 5.10 Å². The Morgan fingerprint density at radius 2 is 2.08 bits per heavy atom. The normalized spacial score (nSPS) is 12.0. The lowest BCUT2D eigenvalue weighted by Crippen LogP contribution is -2.11. The Morgan fingerprint density at radius 3 is 2.75 bits per heavy atom. The van der Waals surface area contributed by atoms with Crippen molar-refractivity contribution in [2.45, 2.75) is 0 Å². The van der Waals surface area contributed by atoms with Gasteiger partial charge < -0.3 is 14.5 Å². The van der Waals surface area contributed by atoms with Gasteiger partial charge in [0.25, 0.3) is 0 Å². The standard InChI is InChI=1S/C17H18N4O2S/c1-18-17-21(20-10-12-5-4-8-19-12)15(11-24-17)14-9-13(22-2)6-7-16(14)23-3/h4-11,19H,1-3H3. The van der Waals surface area contributed by atoms with Crippen LogP contribution in [-0.4, -0.2) is 37.1 Å². The minimum Gasteiger partial charge on any atom is -0.497 e. The smallest absolute Gasteiger partial charge is 0.205 e. The van der Waals surface area contributed by atoms with Gasteiger partial charge in [-0.15, -0.1) is 11.3 Å². The average Bonchev–Trinajstić information content (AvgIpc) is 3.28. The second kappa shape index (κ2) is 7.18. The van der Waals surface area contributed by atoms with Crippen LogP contribution in [0.4, 0.5) is 0 Å². The number of hydrogen-bond acceptors (Lipinski definition) is 5. The number of benzene rings is 1. The first kappa shape index (κ1) is 16.1. The van der Waals surface area contributed by atoms with Gasteiger partial charge in [0, 0.05) is 24.2 Å². The van der Waals surface area contributed by atoms with Crippen molar-refractivity contribution in [3.05, 3.63) is 52.4 Å². The largest absolute Gasteiger partial charge is 0.497 e. The van der Waals surface area contributed by atoms with Gasteiger partial charge in [0.1, 0.15) is 11.5 Å². The molecule has 0 saturated carbocycles. The molecule has 0 unspecified atom stereocenters. The monoisotopic (exact) mass is 342 g/mol. The molecule has 0 aliphatic carbocycles. The zero-order chi connectivity index (χ0) is 16.9. The maximum atomic E-state index is 5.49. The predicted molar refractivity (Wildman–Crippen MR) is 96.1 cm³/mol. The second-order valence-corrected chi connectivity index (χ2v) is 5.71. The summed E-state index contributed by atoms with van der Waals surface area (Å²) in [6.45, 7) is 0. The number of ether oxygens (including phenoxy) is 2. The zero-order valence-electron chi connectivity index (χ0n) is 13.7. The fourth-order valence-corrected chi connectivity index (χ4v) is 3.10. The van der Waals surface area contributed by atoms with Crippen LogP contribution < -0.4 is 14.3 Å². The summed E-state index contributed by atoms with van der Waals surface area (Å²) < 4.78 is 12.6. The molecular formula is C17H18N4O2S. The van der Waals surface area contributed by atoms with Crippen LogP contribution in [0.1, 0.15) is 5.69 Å². The number of nitrogens with zero attached hydrogens (tertiary/aromatic N) is 3. The van der Waals surface area contributed by atoms with E-state index in [1.165, 1.54) is 11.3 Å². The lowest BCUT2D eigenvalue weighted by Gasteiger charge is -2.10. The molecule has 6 nitrogen and oxygen atoms in total. The molecule has 1 N–H and O–H groups in total. The molecule has 0 amide bonds. The van der Waals surface area contributed by atoms with Crippen molar-refractivity contribution in [3.63, 3.8) is 0 Å². The van der Waals surface area contributed by atoms with Gasteiger partial charge in [-0.05, 0) is 30.3 Å². The summed E-state index contributed by atoms with van der Waals surface area (Å²) >= 11 is 1.52. The van der Waals surface area contributed by atoms with E-state index in [0.29, 0.717) is 0 Å². The summed E-state index contributed by atoms with van der Waals surface area (Å²) in [4.78, 5) is 8.19. The van der Waals surface area contributed by atoms with E-state index in [1.54, 1.807) is 32.2 Å². The van der Waals surface area contributed by atoms with E-state index in [1.807, 2.05) is 41.9 Å². The summed E-state index contributed by atoms with van der Waals surface area (Å²) in [7, 11) is 5.04. The molecule has 0 bridgehead atoms. The van der Waals surface area contributed by atoms with Crippen molar-refractivity contribution in [2.75, 3.05) is 21.3 Å². The minimum atomic E-state index is 0.750. The van der Waals surface area contributed by atoms with Crippen LogP contribution in [0.25, 0.3) is 11.3 Å². The first-order chi connectivity index (χ1) is 11.8. The topological polar surface area (TPSA) is 63.9 Å². The summed E-state index contributed by atoms with van der Waals surface area (Å²) in [5, 5.41) is 6.57. The zero-order valence-corrected chi connectivity index (χ0v) is 14.5. The van der Waals surface area contributed by atoms with Crippen LogP contribution in [0, 0.1) is 0 Å². The fraction of sp³-hybridized carbons (Fsp3) is 0.176. The van der Waals surface area contributed by atoms with Crippen molar-refractivity contribution in [1.82, 2.24) is 9.66 Å². The molecule has 0 aliphatic rings. The van der Waals surface area contributed by atoms with Crippen LogP contribution in [0.5, 0.6) is 11.5 Å². The van der Waals surface area contributed by atoms with E-state index < -0.39 is 0 Å². The Morgan fingerprint density at radius 1 is 1.21 bits per heavy atom. The van der Waals surface area contributed by atoms with Crippen molar-refractivity contribution < 1.29 is 9.47 Å². The molecule has 2 heterocycles. The molecule has 1 aromatic carbocycles. The number of aromatic nitrogens is 2. The highest BCUT2D eigenvalue weighted by molar-refractivity contribution is 7.07. The van der Waals surface area contributed by atoms with Crippen molar-refractivity contribution in [2.24, 2.45) is 10.1 Å². The van der Waals surface area contributed by atoms with Gasteiger partial charge in [0.05, 0.1) is 31.8 Å². The molecule has 0 fully saturated rings. The maximum Gasteiger partial charge on any atom is 0.205 e. The van der Waals surface area contributed by atoms with Gasteiger partial charge in [0.2, 0.25) is 4.80 Å². The molecule has 24 heavy (non-hydrogen) atoms. The third-order valence-corrected chi connectivity index (χ3v) is 4.40. The summed E-state index contributed by atoms with van der Waals surface area (Å²) in [6.07, 6.45) is 3.62. The third kappa shape index (κ3) is 3.11. The molecule has 0 aliphatic heterocycles. The minimum absolute atomic E-state index is 0.750. The second-order valence-electron chi connectivity index (χ2n) is 4.88. The molecule has 0 saturated heterocycles. The predicted octanol–water partition coefficient (Wildman–Crippen LogP) is 2.97. The molecule has 124 valence electrons. The Bertz CT molecular complexity index is 907. The highest BCUT2D eigenvalue weighted by Gasteiger charge is 2.13.